The minimum atomic E-state index is -1.23. The van der Waals surface area contributed by atoms with Gasteiger partial charge >= 0.3 is 5.97 Å². The van der Waals surface area contributed by atoms with E-state index in [-0.39, 0.29) is 11.1 Å². The van der Waals surface area contributed by atoms with Gasteiger partial charge in [-0.1, -0.05) is 6.07 Å². The maximum Gasteiger partial charge on any atom is 0.306 e. The lowest BCUT2D eigenvalue weighted by Gasteiger charge is -2.08. The van der Waals surface area contributed by atoms with Crippen LogP contribution in [0.25, 0.3) is 0 Å². The molecule has 1 atom stereocenters. The van der Waals surface area contributed by atoms with Crippen molar-refractivity contribution in [3.63, 3.8) is 0 Å². The number of nitriles is 1. The fourth-order valence-electron chi connectivity index (χ4n) is 1.12. The molecule has 0 spiro atoms. The fourth-order valence-corrected chi connectivity index (χ4v) is 1.12. The molecule has 0 aliphatic rings. The number of aliphatic hydroxyl groups excluding tert-OH is 1. The topological polar surface area (TPSA) is 81.3 Å². The van der Waals surface area contributed by atoms with E-state index in [4.69, 9.17) is 10.4 Å². The maximum atomic E-state index is 12.9. The fraction of sp³-hybridized carbons (Fsp3) is 0.200. The lowest BCUT2D eigenvalue weighted by molar-refractivity contribution is -0.139. The molecule has 0 aliphatic heterocycles. The summed E-state index contributed by atoms with van der Waals surface area (Å²) in [4.78, 5) is 10.3. The number of hydrogen-bond donors (Lipinski definition) is 2. The first-order valence-electron chi connectivity index (χ1n) is 4.14. The molecule has 1 rings (SSSR count). The first-order valence-corrected chi connectivity index (χ1v) is 4.14. The molecule has 0 heterocycles. The zero-order chi connectivity index (χ0) is 11.4. The van der Waals surface area contributed by atoms with Crippen LogP contribution in [0.2, 0.25) is 0 Å². The zero-order valence-electron chi connectivity index (χ0n) is 7.64. The van der Waals surface area contributed by atoms with Gasteiger partial charge in [0.15, 0.2) is 0 Å². The maximum absolute atomic E-state index is 12.9. The first kappa shape index (κ1) is 11.1. The molecule has 78 valence electrons. The summed E-state index contributed by atoms with van der Waals surface area (Å²) in [6.07, 6.45) is -1.70. The first-order chi connectivity index (χ1) is 7.04. The van der Waals surface area contributed by atoms with Gasteiger partial charge < -0.3 is 10.2 Å². The Kier molecular flexibility index (Phi) is 3.37. The third-order valence-corrected chi connectivity index (χ3v) is 1.86. The van der Waals surface area contributed by atoms with Crippen molar-refractivity contribution in [1.29, 1.82) is 5.26 Å². The van der Waals surface area contributed by atoms with Crippen LogP contribution in [0, 0.1) is 17.1 Å². The van der Waals surface area contributed by atoms with E-state index in [1.807, 2.05) is 0 Å². The second-order valence-corrected chi connectivity index (χ2v) is 2.96. The number of aliphatic carboxylic acids is 1. The van der Waals surface area contributed by atoms with Crippen molar-refractivity contribution in [1.82, 2.24) is 0 Å². The number of halogens is 1. The third kappa shape index (κ3) is 2.76. The molecule has 0 bridgehead atoms. The Morgan fingerprint density at radius 3 is 2.80 bits per heavy atom. The summed E-state index contributed by atoms with van der Waals surface area (Å²) in [7, 11) is 0. The van der Waals surface area contributed by atoms with Crippen molar-refractivity contribution >= 4 is 5.97 Å². The highest BCUT2D eigenvalue weighted by Gasteiger charge is 2.13. The molecule has 0 saturated carbocycles. The van der Waals surface area contributed by atoms with Gasteiger partial charge in [-0.2, -0.15) is 5.26 Å². The number of hydrogen-bond acceptors (Lipinski definition) is 3. The van der Waals surface area contributed by atoms with Crippen molar-refractivity contribution < 1.29 is 19.4 Å². The summed E-state index contributed by atoms with van der Waals surface area (Å²) in [5, 5.41) is 26.3. The predicted octanol–water partition coefficient (Wildman–Crippen LogP) is 1.21. The van der Waals surface area contributed by atoms with Crippen LogP contribution in [0.15, 0.2) is 18.2 Å². The molecular weight excluding hydrogens is 201 g/mol. The molecule has 0 radical (unpaired) electrons. The van der Waals surface area contributed by atoms with Gasteiger partial charge in [0.2, 0.25) is 0 Å². The predicted molar refractivity (Wildman–Crippen MR) is 48.3 cm³/mol. The van der Waals surface area contributed by atoms with Gasteiger partial charge in [0, 0.05) is 0 Å². The lowest BCUT2D eigenvalue weighted by atomic mass is 10.0. The standard InChI is InChI=1S/C10H8FNO3/c11-8-2-1-6(3-7(8)5-12)9(13)4-10(14)15/h1-3,9,13H,4H2,(H,14,15)/t9-/m1/s1. The molecule has 0 aromatic heterocycles. The quantitative estimate of drug-likeness (QED) is 0.783. The van der Waals surface area contributed by atoms with Crippen LogP contribution >= 0.6 is 0 Å². The van der Waals surface area contributed by atoms with E-state index < -0.39 is 24.3 Å². The van der Waals surface area contributed by atoms with Gasteiger partial charge in [-0.15, -0.1) is 0 Å². The Labute approximate surface area is 85.2 Å². The minimum absolute atomic E-state index is 0.211. The van der Waals surface area contributed by atoms with Gasteiger partial charge in [0.05, 0.1) is 18.1 Å². The van der Waals surface area contributed by atoms with E-state index >= 15 is 0 Å². The number of carboxylic acid groups (broad SMARTS) is 1. The van der Waals surface area contributed by atoms with Gasteiger partial charge in [-0.25, -0.2) is 4.39 Å². The van der Waals surface area contributed by atoms with E-state index in [1.54, 1.807) is 6.07 Å². The molecule has 1 aromatic carbocycles. The Hall–Kier alpha value is -1.93. The summed E-state index contributed by atoms with van der Waals surface area (Å²) in [5.41, 5.74) is 0.00675. The average molecular weight is 209 g/mol. The number of carboxylic acids is 1. The van der Waals surface area contributed by atoms with Crippen LogP contribution < -0.4 is 0 Å². The Balaban J connectivity index is 2.96. The average Bonchev–Trinajstić information content (AvgIpc) is 2.17. The lowest BCUT2D eigenvalue weighted by Crippen LogP contribution is -2.05. The highest BCUT2D eigenvalue weighted by molar-refractivity contribution is 5.67. The molecule has 2 N–H and O–H groups in total. The largest absolute Gasteiger partial charge is 0.481 e. The number of benzene rings is 1. The van der Waals surface area contributed by atoms with Crippen LogP contribution in [-0.4, -0.2) is 16.2 Å². The number of carbonyl (C=O) groups is 1. The summed E-state index contributed by atoms with van der Waals surface area (Å²) >= 11 is 0. The smallest absolute Gasteiger partial charge is 0.306 e. The van der Waals surface area contributed by atoms with Crippen LogP contribution in [-0.2, 0) is 4.79 Å². The van der Waals surface area contributed by atoms with Gasteiger partial charge in [0.1, 0.15) is 11.9 Å². The van der Waals surface area contributed by atoms with Crippen molar-refractivity contribution in [2.24, 2.45) is 0 Å². The molecule has 0 saturated heterocycles. The second-order valence-electron chi connectivity index (χ2n) is 2.96. The Morgan fingerprint density at radius 1 is 1.60 bits per heavy atom. The Morgan fingerprint density at radius 2 is 2.27 bits per heavy atom. The Bertz CT molecular complexity index is 425. The van der Waals surface area contributed by atoms with Crippen LogP contribution in [0.3, 0.4) is 0 Å². The monoisotopic (exact) mass is 209 g/mol. The molecule has 5 heteroatoms. The second kappa shape index (κ2) is 4.53. The summed E-state index contributed by atoms with van der Waals surface area (Å²) in [6.45, 7) is 0. The van der Waals surface area contributed by atoms with Crippen LogP contribution in [0.4, 0.5) is 4.39 Å². The molecule has 0 unspecified atom stereocenters. The van der Waals surface area contributed by atoms with E-state index in [0.29, 0.717) is 0 Å². The molecule has 1 aromatic rings. The zero-order valence-corrected chi connectivity index (χ0v) is 7.64. The third-order valence-electron chi connectivity index (χ3n) is 1.86. The summed E-state index contributed by atoms with van der Waals surface area (Å²) < 4.78 is 12.9. The highest BCUT2D eigenvalue weighted by Crippen LogP contribution is 2.19. The van der Waals surface area contributed by atoms with Gasteiger partial charge in [0.25, 0.3) is 0 Å². The van der Waals surface area contributed by atoms with Crippen molar-refractivity contribution in [2.45, 2.75) is 12.5 Å². The minimum Gasteiger partial charge on any atom is -0.481 e. The van der Waals surface area contributed by atoms with Gasteiger partial charge in [-0.3, -0.25) is 4.79 Å². The molecule has 0 fully saturated rings. The molecule has 0 aliphatic carbocycles. The molecular formula is C10H8FNO3. The van der Waals surface area contributed by atoms with E-state index in [0.717, 1.165) is 12.1 Å². The number of aliphatic hydroxyl groups is 1. The van der Waals surface area contributed by atoms with Crippen molar-refractivity contribution in [3.8, 4) is 6.07 Å². The van der Waals surface area contributed by atoms with Crippen LogP contribution in [0.1, 0.15) is 23.7 Å². The van der Waals surface area contributed by atoms with Crippen molar-refractivity contribution in [2.75, 3.05) is 0 Å². The van der Waals surface area contributed by atoms with E-state index in [1.165, 1.54) is 6.07 Å². The summed E-state index contributed by atoms with van der Waals surface area (Å²) in [5.74, 6) is -1.85. The van der Waals surface area contributed by atoms with Crippen LogP contribution in [0.5, 0.6) is 0 Å². The summed E-state index contributed by atoms with van der Waals surface area (Å²) in [6, 6.07) is 5.03. The van der Waals surface area contributed by atoms with Crippen molar-refractivity contribution in [3.05, 3.63) is 35.1 Å². The van der Waals surface area contributed by atoms with Gasteiger partial charge in [-0.05, 0) is 17.7 Å². The molecule has 0 amide bonds. The van der Waals surface area contributed by atoms with E-state index in [9.17, 15) is 14.3 Å². The highest BCUT2D eigenvalue weighted by atomic mass is 19.1. The molecule has 15 heavy (non-hydrogen) atoms. The molecule has 4 nitrogen and oxygen atoms in total. The van der Waals surface area contributed by atoms with E-state index in [2.05, 4.69) is 0 Å². The number of nitrogens with zero attached hydrogens (tertiary/aromatic N) is 1. The SMILES string of the molecule is N#Cc1cc([C@H](O)CC(=O)O)ccc1F. The normalized spacial score (nSPS) is 11.8. The number of rotatable bonds is 3.